The number of rotatable bonds is 6. The largest absolute Gasteiger partial charge is 0.390 e. The molecule has 0 aromatic heterocycles. The number of aliphatic hydroxyl groups is 1. The molecular formula is C15H23N3O4S. The van der Waals surface area contributed by atoms with Crippen LogP contribution in [-0.2, 0) is 16.4 Å². The topological polar surface area (TPSA) is 98.7 Å². The molecule has 7 nitrogen and oxygen atoms in total. The van der Waals surface area contributed by atoms with Gasteiger partial charge in [-0.2, -0.15) is 0 Å². The Hall–Kier alpha value is -1.64. The van der Waals surface area contributed by atoms with Gasteiger partial charge < -0.3 is 15.7 Å². The maximum atomic E-state index is 11.9. The van der Waals surface area contributed by atoms with Crippen molar-refractivity contribution in [1.29, 1.82) is 0 Å². The average molecular weight is 341 g/mol. The number of nitrogens with one attached hydrogen (secondary N) is 2. The summed E-state index contributed by atoms with van der Waals surface area (Å²) < 4.78 is 23.7. The predicted molar refractivity (Wildman–Crippen MR) is 87.5 cm³/mol. The molecule has 1 aromatic rings. The zero-order valence-electron chi connectivity index (χ0n) is 13.3. The molecule has 1 aromatic carbocycles. The number of carbonyl (C=O) groups is 1. The third-order valence-corrected chi connectivity index (χ3v) is 5.31. The van der Waals surface area contributed by atoms with E-state index in [-0.39, 0.29) is 6.03 Å². The molecule has 0 radical (unpaired) electrons. The number of urea groups is 1. The monoisotopic (exact) mass is 341 g/mol. The molecule has 0 heterocycles. The number of nitrogens with zero attached hydrogens (tertiary/aromatic N) is 1. The smallest absolute Gasteiger partial charge is 0.315 e. The Labute approximate surface area is 136 Å². The Kier molecular flexibility index (Phi) is 5.61. The Balaban J connectivity index is 1.78. The highest BCUT2D eigenvalue weighted by Gasteiger charge is 2.31. The van der Waals surface area contributed by atoms with Gasteiger partial charge in [-0.1, -0.05) is 24.3 Å². The van der Waals surface area contributed by atoms with E-state index in [2.05, 4.69) is 10.6 Å². The second-order valence-electron chi connectivity index (χ2n) is 5.79. The van der Waals surface area contributed by atoms with E-state index in [1.165, 1.54) is 11.4 Å². The first-order valence-electron chi connectivity index (χ1n) is 7.50. The maximum Gasteiger partial charge on any atom is 0.315 e. The van der Waals surface area contributed by atoms with E-state index in [4.69, 9.17) is 0 Å². The van der Waals surface area contributed by atoms with Crippen molar-refractivity contribution < 1.29 is 18.3 Å². The summed E-state index contributed by atoms with van der Waals surface area (Å²) in [7, 11) is -1.69. The van der Waals surface area contributed by atoms with Crippen molar-refractivity contribution in [1.82, 2.24) is 14.9 Å². The van der Waals surface area contributed by atoms with Gasteiger partial charge in [0.1, 0.15) is 0 Å². The third-order valence-electron chi connectivity index (χ3n) is 3.99. The van der Waals surface area contributed by atoms with E-state index in [0.29, 0.717) is 25.9 Å². The first kappa shape index (κ1) is 17.7. The van der Waals surface area contributed by atoms with Crippen LogP contribution in [-0.4, -0.2) is 56.4 Å². The van der Waals surface area contributed by atoms with Crippen LogP contribution in [0, 0.1) is 0 Å². The van der Waals surface area contributed by atoms with Gasteiger partial charge in [0, 0.05) is 26.6 Å². The zero-order chi connectivity index (χ0) is 17.0. The van der Waals surface area contributed by atoms with E-state index in [9.17, 15) is 18.3 Å². The maximum absolute atomic E-state index is 11.9. The van der Waals surface area contributed by atoms with E-state index < -0.39 is 22.2 Å². The molecule has 1 aliphatic carbocycles. The molecule has 0 bridgehead atoms. The van der Waals surface area contributed by atoms with Crippen molar-refractivity contribution in [3.63, 3.8) is 0 Å². The lowest BCUT2D eigenvalue weighted by Crippen LogP contribution is -2.41. The van der Waals surface area contributed by atoms with Gasteiger partial charge in [0.2, 0.25) is 10.0 Å². The Morgan fingerprint density at radius 3 is 2.78 bits per heavy atom. The molecule has 0 saturated carbocycles. The van der Waals surface area contributed by atoms with Crippen LogP contribution in [0.5, 0.6) is 0 Å². The van der Waals surface area contributed by atoms with Gasteiger partial charge in [0.05, 0.1) is 18.4 Å². The molecular weight excluding hydrogens is 318 g/mol. The summed E-state index contributed by atoms with van der Waals surface area (Å²) >= 11 is 0. The van der Waals surface area contributed by atoms with Gasteiger partial charge >= 0.3 is 6.03 Å². The number of aliphatic hydroxyl groups excluding tert-OH is 1. The lowest BCUT2D eigenvalue weighted by Gasteiger charge is -2.19. The third kappa shape index (κ3) is 4.66. The lowest BCUT2D eigenvalue weighted by molar-refractivity contribution is 0.142. The SMILES string of the molecule is CN(CCCNC(=O)N[C@@H]1c2ccccc2C[C@@H]1O)S(C)(=O)=O. The second-order valence-corrected chi connectivity index (χ2v) is 7.88. The number of amides is 2. The van der Waals surface area contributed by atoms with Crippen LogP contribution >= 0.6 is 0 Å². The fourth-order valence-electron chi connectivity index (χ4n) is 2.61. The van der Waals surface area contributed by atoms with E-state index >= 15 is 0 Å². The zero-order valence-corrected chi connectivity index (χ0v) is 14.1. The minimum Gasteiger partial charge on any atom is -0.390 e. The molecule has 3 N–H and O–H groups in total. The summed E-state index contributed by atoms with van der Waals surface area (Å²) in [5.41, 5.74) is 1.98. The number of hydrogen-bond donors (Lipinski definition) is 3. The molecule has 0 aliphatic heterocycles. The number of benzene rings is 1. The van der Waals surface area contributed by atoms with Crippen LogP contribution in [0.25, 0.3) is 0 Å². The summed E-state index contributed by atoms with van der Waals surface area (Å²) in [5, 5.41) is 15.5. The van der Waals surface area contributed by atoms with Crippen LogP contribution in [0.15, 0.2) is 24.3 Å². The fraction of sp³-hybridized carbons (Fsp3) is 0.533. The molecule has 0 fully saturated rings. The summed E-state index contributed by atoms with van der Waals surface area (Å²) in [4.78, 5) is 11.9. The highest BCUT2D eigenvalue weighted by Crippen LogP contribution is 2.30. The Morgan fingerprint density at radius 2 is 2.09 bits per heavy atom. The number of fused-ring (bicyclic) bond motifs is 1. The number of sulfonamides is 1. The van der Waals surface area contributed by atoms with Crippen LogP contribution in [0.4, 0.5) is 4.79 Å². The van der Waals surface area contributed by atoms with Gasteiger partial charge in [-0.3, -0.25) is 0 Å². The molecule has 8 heteroatoms. The minimum atomic E-state index is -3.19. The summed E-state index contributed by atoms with van der Waals surface area (Å²) in [5.74, 6) is 0. The normalized spacial score (nSPS) is 20.3. The van der Waals surface area contributed by atoms with Crippen LogP contribution in [0.2, 0.25) is 0 Å². The summed E-state index contributed by atoms with van der Waals surface area (Å²) in [6.45, 7) is 0.699. The van der Waals surface area contributed by atoms with Crippen molar-refractivity contribution in [2.24, 2.45) is 0 Å². The molecule has 2 atom stereocenters. The molecule has 0 unspecified atom stereocenters. The molecule has 23 heavy (non-hydrogen) atoms. The molecule has 2 rings (SSSR count). The van der Waals surface area contributed by atoms with Crippen molar-refractivity contribution in [2.45, 2.75) is 25.0 Å². The quantitative estimate of drug-likeness (QED) is 0.645. The van der Waals surface area contributed by atoms with Crippen molar-refractivity contribution in [3.05, 3.63) is 35.4 Å². The van der Waals surface area contributed by atoms with Gasteiger partial charge in [-0.15, -0.1) is 0 Å². The fourth-order valence-corrected chi connectivity index (χ4v) is 3.07. The summed E-state index contributed by atoms with van der Waals surface area (Å²) in [6, 6.07) is 6.85. The second kappa shape index (κ2) is 7.29. The van der Waals surface area contributed by atoms with Crippen molar-refractivity contribution in [3.8, 4) is 0 Å². The van der Waals surface area contributed by atoms with Gasteiger partial charge in [-0.05, 0) is 17.5 Å². The van der Waals surface area contributed by atoms with Crippen molar-refractivity contribution in [2.75, 3.05) is 26.4 Å². The highest BCUT2D eigenvalue weighted by atomic mass is 32.2. The van der Waals surface area contributed by atoms with Crippen LogP contribution in [0.3, 0.4) is 0 Å². The number of hydrogen-bond acceptors (Lipinski definition) is 4. The van der Waals surface area contributed by atoms with E-state index in [0.717, 1.165) is 17.4 Å². The Morgan fingerprint density at radius 1 is 1.39 bits per heavy atom. The van der Waals surface area contributed by atoms with Gasteiger partial charge in [0.15, 0.2) is 0 Å². The van der Waals surface area contributed by atoms with Gasteiger partial charge in [0.25, 0.3) is 0 Å². The minimum absolute atomic E-state index is 0.341. The lowest BCUT2D eigenvalue weighted by atomic mass is 10.1. The molecule has 128 valence electrons. The molecule has 0 saturated heterocycles. The summed E-state index contributed by atoms with van der Waals surface area (Å²) in [6.07, 6.45) is 1.56. The van der Waals surface area contributed by atoms with Crippen LogP contribution < -0.4 is 10.6 Å². The Bertz CT molecular complexity index is 662. The highest BCUT2D eigenvalue weighted by molar-refractivity contribution is 7.88. The first-order valence-corrected chi connectivity index (χ1v) is 9.35. The molecule has 0 spiro atoms. The van der Waals surface area contributed by atoms with Crippen LogP contribution in [0.1, 0.15) is 23.6 Å². The standard InChI is InChI=1S/C15H23N3O4S/c1-18(23(2,21)22)9-5-8-16-15(20)17-14-12-7-4-3-6-11(12)10-13(14)19/h3-4,6-7,13-14,19H,5,8-10H2,1-2H3,(H2,16,17,20)/t13-,14+/m0/s1. The van der Waals surface area contributed by atoms with Gasteiger partial charge in [-0.25, -0.2) is 17.5 Å². The first-order chi connectivity index (χ1) is 10.8. The van der Waals surface area contributed by atoms with E-state index in [1.54, 1.807) is 0 Å². The van der Waals surface area contributed by atoms with E-state index in [1.807, 2.05) is 24.3 Å². The number of carbonyl (C=O) groups excluding carboxylic acids is 1. The predicted octanol–water partition coefficient (Wildman–Crippen LogP) is 0.225. The molecule has 2 amide bonds. The van der Waals surface area contributed by atoms with Crippen molar-refractivity contribution >= 4 is 16.1 Å². The average Bonchev–Trinajstić information content (AvgIpc) is 2.78. The molecule has 1 aliphatic rings.